The van der Waals surface area contributed by atoms with Gasteiger partial charge in [0.05, 0.1) is 5.60 Å². The highest BCUT2D eigenvalue weighted by molar-refractivity contribution is 5.10. The van der Waals surface area contributed by atoms with Crippen LogP contribution < -0.4 is 5.32 Å². The standard InChI is InChI=1S/C14H23N3O/c1-13(2)10-17(11-14(3,18)9-16-13)8-12-4-6-15-7-5-12/h4-7,16,18H,8-11H2,1-3H3. The summed E-state index contributed by atoms with van der Waals surface area (Å²) in [5.74, 6) is 0. The van der Waals surface area contributed by atoms with Crippen LogP contribution in [0.3, 0.4) is 0 Å². The van der Waals surface area contributed by atoms with E-state index in [9.17, 15) is 5.11 Å². The molecule has 1 atom stereocenters. The lowest BCUT2D eigenvalue weighted by Crippen LogP contribution is -2.47. The number of β-amino-alcohol motifs (C(OH)–C–C–N with tert-alkyl or cyclic N) is 1. The van der Waals surface area contributed by atoms with E-state index in [1.807, 2.05) is 31.5 Å². The monoisotopic (exact) mass is 249 g/mol. The summed E-state index contributed by atoms with van der Waals surface area (Å²) in [6, 6.07) is 4.06. The summed E-state index contributed by atoms with van der Waals surface area (Å²) in [5.41, 5.74) is 0.576. The molecule has 0 spiro atoms. The van der Waals surface area contributed by atoms with E-state index in [1.165, 1.54) is 5.56 Å². The number of aliphatic hydroxyl groups is 1. The van der Waals surface area contributed by atoms with Crippen molar-refractivity contribution in [3.05, 3.63) is 30.1 Å². The molecular formula is C14H23N3O. The van der Waals surface area contributed by atoms with E-state index in [1.54, 1.807) is 0 Å². The molecule has 0 bridgehead atoms. The largest absolute Gasteiger partial charge is 0.388 e. The van der Waals surface area contributed by atoms with E-state index >= 15 is 0 Å². The van der Waals surface area contributed by atoms with Gasteiger partial charge in [-0.05, 0) is 38.5 Å². The van der Waals surface area contributed by atoms with Gasteiger partial charge >= 0.3 is 0 Å². The molecule has 4 heteroatoms. The lowest BCUT2D eigenvalue weighted by Gasteiger charge is -2.30. The molecule has 4 nitrogen and oxygen atoms in total. The minimum atomic E-state index is -0.680. The van der Waals surface area contributed by atoms with Crippen LogP contribution in [0.5, 0.6) is 0 Å². The molecule has 0 saturated carbocycles. The molecule has 1 aliphatic rings. The summed E-state index contributed by atoms with van der Waals surface area (Å²) in [7, 11) is 0. The molecule has 2 N–H and O–H groups in total. The Morgan fingerprint density at radius 1 is 1.28 bits per heavy atom. The predicted octanol–water partition coefficient (Wildman–Crippen LogP) is 1.02. The molecule has 1 aliphatic heterocycles. The van der Waals surface area contributed by atoms with Gasteiger partial charge in [-0.25, -0.2) is 0 Å². The molecule has 100 valence electrons. The quantitative estimate of drug-likeness (QED) is 0.821. The zero-order valence-electron chi connectivity index (χ0n) is 11.5. The van der Waals surface area contributed by atoms with Crippen molar-refractivity contribution >= 4 is 0 Å². The van der Waals surface area contributed by atoms with Crippen molar-refractivity contribution in [2.24, 2.45) is 0 Å². The predicted molar refractivity (Wildman–Crippen MR) is 72.2 cm³/mol. The van der Waals surface area contributed by atoms with Crippen LogP contribution in [0.25, 0.3) is 0 Å². The van der Waals surface area contributed by atoms with Gasteiger partial charge in [-0.2, -0.15) is 0 Å². The van der Waals surface area contributed by atoms with Crippen molar-refractivity contribution in [3.63, 3.8) is 0 Å². The third-order valence-electron chi connectivity index (χ3n) is 3.29. The summed E-state index contributed by atoms with van der Waals surface area (Å²) in [4.78, 5) is 6.33. The second-order valence-corrected chi connectivity index (χ2v) is 6.24. The van der Waals surface area contributed by atoms with E-state index in [-0.39, 0.29) is 5.54 Å². The number of hydrogen-bond acceptors (Lipinski definition) is 4. The highest BCUT2D eigenvalue weighted by Crippen LogP contribution is 2.18. The number of nitrogens with one attached hydrogen (secondary N) is 1. The minimum absolute atomic E-state index is 0.0213. The Balaban J connectivity index is 2.10. The topological polar surface area (TPSA) is 48.4 Å². The maximum absolute atomic E-state index is 10.3. The number of nitrogens with zero attached hydrogens (tertiary/aromatic N) is 2. The summed E-state index contributed by atoms with van der Waals surface area (Å²) in [5, 5.41) is 13.7. The first-order valence-corrected chi connectivity index (χ1v) is 6.45. The van der Waals surface area contributed by atoms with Gasteiger partial charge in [-0.1, -0.05) is 0 Å². The van der Waals surface area contributed by atoms with Crippen LogP contribution in [0.15, 0.2) is 24.5 Å². The van der Waals surface area contributed by atoms with E-state index in [2.05, 4.69) is 29.0 Å². The average Bonchev–Trinajstić information content (AvgIpc) is 2.36. The van der Waals surface area contributed by atoms with Gasteiger partial charge in [0.2, 0.25) is 0 Å². The van der Waals surface area contributed by atoms with Gasteiger partial charge in [0.25, 0.3) is 0 Å². The molecule has 1 aromatic heterocycles. The van der Waals surface area contributed by atoms with Crippen molar-refractivity contribution in [3.8, 4) is 0 Å². The van der Waals surface area contributed by atoms with Crippen LogP contribution in [0.4, 0.5) is 0 Å². The Morgan fingerprint density at radius 3 is 2.61 bits per heavy atom. The fourth-order valence-corrected chi connectivity index (χ4v) is 2.50. The van der Waals surface area contributed by atoms with Gasteiger partial charge in [0.1, 0.15) is 0 Å². The SMILES string of the molecule is CC1(O)CNC(C)(C)CN(Cc2ccncc2)C1. The third kappa shape index (κ3) is 3.77. The zero-order valence-corrected chi connectivity index (χ0v) is 11.5. The van der Waals surface area contributed by atoms with E-state index in [0.717, 1.165) is 13.1 Å². The van der Waals surface area contributed by atoms with E-state index in [0.29, 0.717) is 13.1 Å². The Bertz CT molecular complexity index is 371. The molecule has 1 saturated heterocycles. The Hall–Kier alpha value is -0.970. The maximum Gasteiger partial charge on any atom is 0.0870 e. The molecular weight excluding hydrogens is 226 g/mol. The molecule has 1 unspecified atom stereocenters. The van der Waals surface area contributed by atoms with Crippen LogP contribution in [-0.2, 0) is 6.54 Å². The first kappa shape index (κ1) is 13.5. The Morgan fingerprint density at radius 2 is 1.94 bits per heavy atom. The van der Waals surface area contributed by atoms with Crippen LogP contribution in [0.2, 0.25) is 0 Å². The van der Waals surface area contributed by atoms with Gasteiger partial charge in [0.15, 0.2) is 0 Å². The highest BCUT2D eigenvalue weighted by Gasteiger charge is 2.33. The number of rotatable bonds is 2. The smallest absolute Gasteiger partial charge is 0.0870 e. The molecule has 0 aliphatic carbocycles. The summed E-state index contributed by atoms with van der Waals surface area (Å²) in [6.45, 7) is 9.33. The zero-order chi connectivity index (χ0) is 13.2. The first-order chi connectivity index (χ1) is 8.36. The molecule has 1 aromatic rings. The maximum atomic E-state index is 10.3. The summed E-state index contributed by atoms with van der Waals surface area (Å²) in [6.07, 6.45) is 3.63. The first-order valence-electron chi connectivity index (χ1n) is 6.45. The molecule has 2 heterocycles. The third-order valence-corrected chi connectivity index (χ3v) is 3.29. The fraction of sp³-hybridized carbons (Fsp3) is 0.643. The summed E-state index contributed by atoms with van der Waals surface area (Å²) >= 11 is 0. The Kier molecular flexibility index (Phi) is 3.71. The van der Waals surface area contributed by atoms with E-state index in [4.69, 9.17) is 0 Å². The number of aromatic nitrogens is 1. The average molecular weight is 249 g/mol. The van der Waals surface area contributed by atoms with Gasteiger partial charge in [-0.15, -0.1) is 0 Å². The van der Waals surface area contributed by atoms with Crippen molar-refractivity contribution in [2.75, 3.05) is 19.6 Å². The molecule has 18 heavy (non-hydrogen) atoms. The van der Waals surface area contributed by atoms with E-state index < -0.39 is 5.60 Å². The van der Waals surface area contributed by atoms with Crippen molar-refractivity contribution in [1.29, 1.82) is 0 Å². The number of hydrogen-bond donors (Lipinski definition) is 2. The lowest BCUT2D eigenvalue weighted by atomic mass is 10.1. The van der Waals surface area contributed by atoms with Crippen molar-refractivity contribution in [1.82, 2.24) is 15.2 Å². The summed E-state index contributed by atoms with van der Waals surface area (Å²) < 4.78 is 0. The second kappa shape index (κ2) is 4.96. The lowest BCUT2D eigenvalue weighted by molar-refractivity contribution is 0.0321. The van der Waals surface area contributed by atoms with Gasteiger partial charge in [0, 0.05) is 44.1 Å². The van der Waals surface area contributed by atoms with Crippen LogP contribution >= 0.6 is 0 Å². The second-order valence-electron chi connectivity index (χ2n) is 6.24. The highest BCUT2D eigenvalue weighted by atomic mass is 16.3. The van der Waals surface area contributed by atoms with Crippen molar-refractivity contribution in [2.45, 2.75) is 38.5 Å². The minimum Gasteiger partial charge on any atom is -0.388 e. The Labute approximate surface area is 109 Å². The molecule has 2 rings (SSSR count). The molecule has 0 radical (unpaired) electrons. The van der Waals surface area contributed by atoms with Crippen LogP contribution in [0, 0.1) is 0 Å². The van der Waals surface area contributed by atoms with Gasteiger partial charge < -0.3 is 10.4 Å². The van der Waals surface area contributed by atoms with Crippen LogP contribution in [-0.4, -0.2) is 45.8 Å². The van der Waals surface area contributed by atoms with Gasteiger partial charge in [-0.3, -0.25) is 9.88 Å². The fourth-order valence-electron chi connectivity index (χ4n) is 2.50. The molecule has 0 aromatic carbocycles. The van der Waals surface area contributed by atoms with Crippen molar-refractivity contribution < 1.29 is 5.11 Å². The molecule has 1 fully saturated rings. The molecule has 0 amide bonds. The number of pyridine rings is 1. The normalized spacial score (nSPS) is 28.9. The van der Waals surface area contributed by atoms with Crippen LogP contribution in [0.1, 0.15) is 26.3 Å².